The van der Waals surface area contributed by atoms with Crippen molar-refractivity contribution in [3.05, 3.63) is 29.8 Å². The summed E-state index contributed by atoms with van der Waals surface area (Å²) in [6.45, 7) is 2.12. The van der Waals surface area contributed by atoms with E-state index in [1.54, 1.807) is 19.2 Å². The molecule has 3 nitrogen and oxygen atoms in total. The predicted octanol–water partition coefficient (Wildman–Crippen LogP) is 3.49. The number of hydrogen-bond donors (Lipinski definition) is 0. The smallest absolute Gasteiger partial charge is 0.261 e. The number of rotatable bonds is 6. The van der Waals surface area contributed by atoms with Crippen molar-refractivity contribution < 1.29 is 13.2 Å². The second kappa shape index (κ2) is 6.38. The summed E-state index contributed by atoms with van der Waals surface area (Å²) in [5, 5.41) is 0. The van der Waals surface area contributed by atoms with Gasteiger partial charge < -0.3 is 4.74 Å². The monoisotopic (exact) mass is 276 g/mol. The molecule has 0 aromatic heterocycles. The summed E-state index contributed by atoms with van der Waals surface area (Å²) in [6.07, 6.45) is 3.13. The molecule has 0 saturated carbocycles. The summed E-state index contributed by atoms with van der Waals surface area (Å²) >= 11 is 0. The zero-order chi connectivity index (χ0) is 12.9. The summed E-state index contributed by atoms with van der Waals surface area (Å²) in [5.41, 5.74) is 0.977. The highest BCUT2D eigenvalue weighted by molar-refractivity contribution is 8.13. The highest BCUT2D eigenvalue weighted by atomic mass is 35.7. The molecule has 0 aliphatic heterocycles. The molecule has 17 heavy (non-hydrogen) atoms. The van der Waals surface area contributed by atoms with Gasteiger partial charge in [0.05, 0.1) is 11.0 Å². The van der Waals surface area contributed by atoms with Crippen molar-refractivity contribution in [3.8, 4) is 0 Å². The Morgan fingerprint density at radius 3 is 2.29 bits per heavy atom. The molecule has 96 valence electrons. The van der Waals surface area contributed by atoms with Gasteiger partial charge in [-0.1, -0.05) is 31.9 Å². The van der Waals surface area contributed by atoms with Crippen molar-refractivity contribution in [2.45, 2.75) is 37.2 Å². The average Bonchev–Trinajstić information content (AvgIpc) is 2.29. The number of ether oxygens (including phenoxy) is 1. The fourth-order valence-corrected chi connectivity index (χ4v) is 2.42. The second-order valence-corrected chi connectivity index (χ2v) is 6.44. The molecule has 0 amide bonds. The molecular weight excluding hydrogens is 260 g/mol. The van der Waals surface area contributed by atoms with E-state index in [0.717, 1.165) is 24.8 Å². The van der Waals surface area contributed by atoms with E-state index in [-0.39, 0.29) is 11.0 Å². The summed E-state index contributed by atoms with van der Waals surface area (Å²) in [4.78, 5) is 0.119. The summed E-state index contributed by atoms with van der Waals surface area (Å²) < 4.78 is 27.6. The Labute approximate surface area is 107 Å². The van der Waals surface area contributed by atoms with Crippen molar-refractivity contribution in [2.24, 2.45) is 0 Å². The third-order valence-corrected chi connectivity index (χ3v) is 4.01. The van der Waals surface area contributed by atoms with Gasteiger partial charge >= 0.3 is 0 Å². The molecule has 1 rings (SSSR count). The Hall–Kier alpha value is -0.580. The Morgan fingerprint density at radius 2 is 1.88 bits per heavy atom. The Morgan fingerprint density at radius 1 is 1.29 bits per heavy atom. The average molecular weight is 277 g/mol. The van der Waals surface area contributed by atoms with Gasteiger partial charge in [0, 0.05) is 17.8 Å². The van der Waals surface area contributed by atoms with Gasteiger partial charge in [0.1, 0.15) is 0 Å². The van der Waals surface area contributed by atoms with Crippen LogP contribution < -0.4 is 0 Å². The minimum Gasteiger partial charge on any atom is -0.377 e. The predicted molar refractivity (Wildman–Crippen MR) is 68.8 cm³/mol. The summed E-state index contributed by atoms with van der Waals surface area (Å²) in [6, 6.07) is 6.52. The molecule has 5 heteroatoms. The van der Waals surface area contributed by atoms with Gasteiger partial charge in [-0.25, -0.2) is 8.42 Å². The number of hydrogen-bond acceptors (Lipinski definition) is 3. The maximum atomic E-state index is 11.1. The first-order chi connectivity index (χ1) is 7.99. The van der Waals surface area contributed by atoms with Gasteiger partial charge in [-0.15, -0.1) is 0 Å². The zero-order valence-electron chi connectivity index (χ0n) is 10.0. The quantitative estimate of drug-likeness (QED) is 0.747. The van der Waals surface area contributed by atoms with E-state index in [2.05, 4.69) is 6.92 Å². The lowest BCUT2D eigenvalue weighted by atomic mass is 10.0. The lowest BCUT2D eigenvalue weighted by Crippen LogP contribution is -2.02. The fraction of sp³-hybridized carbons (Fsp3) is 0.500. The molecular formula is C12H17ClO3S. The SMILES string of the molecule is CCCC[C@H](OC)c1ccc(S(=O)(=O)Cl)cc1. The molecule has 0 unspecified atom stereocenters. The number of methoxy groups -OCH3 is 1. The van der Waals surface area contributed by atoms with Crippen LogP contribution in [0.3, 0.4) is 0 Å². The minimum atomic E-state index is -3.64. The van der Waals surface area contributed by atoms with E-state index >= 15 is 0 Å². The van der Waals surface area contributed by atoms with E-state index < -0.39 is 9.05 Å². The first-order valence-electron chi connectivity index (χ1n) is 5.56. The van der Waals surface area contributed by atoms with Crippen LogP contribution in [0.5, 0.6) is 0 Å². The molecule has 0 aliphatic carbocycles. The van der Waals surface area contributed by atoms with Crippen LogP contribution in [0, 0.1) is 0 Å². The van der Waals surface area contributed by atoms with Gasteiger partial charge in [0.25, 0.3) is 9.05 Å². The lowest BCUT2D eigenvalue weighted by Gasteiger charge is -2.15. The summed E-state index contributed by atoms with van der Waals surface area (Å²) in [5.74, 6) is 0. The zero-order valence-corrected chi connectivity index (χ0v) is 11.6. The normalized spacial score (nSPS) is 13.6. The van der Waals surface area contributed by atoms with Crippen LogP contribution in [0.15, 0.2) is 29.2 Å². The highest BCUT2D eigenvalue weighted by Crippen LogP contribution is 2.24. The van der Waals surface area contributed by atoms with Crippen LogP contribution in [0.2, 0.25) is 0 Å². The van der Waals surface area contributed by atoms with Crippen molar-refractivity contribution in [2.75, 3.05) is 7.11 Å². The third kappa shape index (κ3) is 4.30. The van der Waals surface area contributed by atoms with Crippen molar-refractivity contribution in [1.82, 2.24) is 0 Å². The molecule has 0 saturated heterocycles. The molecule has 0 fully saturated rings. The molecule has 1 aromatic carbocycles. The summed E-state index contributed by atoms with van der Waals surface area (Å²) in [7, 11) is 3.27. The number of benzene rings is 1. The molecule has 0 aliphatic rings. The molecule has 0 N–H and O–H groups in total. The van der Waals surface area contributed by atoms with Crippen LogP contribution >= 0.6 is 10.7 Å². The fourth-order valence-electron chi connectivity index (χ4n) is 1.66. The van der Waals surface area contributed by atoms with Crippen molar-refractivity contribution >= 4 is 19.7 Å². The van der Waals surface area contributed by atoms with Crippen LogP contribution in [0.4, 0.5) is 0 Å². The standard InChI is InChI=1S/C12H17ClO3S/c1-3-4-5-12(16-2)10-6-8-11(9-7-10)17(13,14)15/h6-9,12H,3-5H2,1-2H3/t12-/m0/s1. The van der Waals surface area contributed by atoms with E-state index in [1.165, 1.54) is 12.1 Å². The first kappa shape index (κ1) is 14.5. The first-order valence-corrected chi connectivity index (χ1v) is 7.87. The van der Waals surface area contributed by atoms with Gasteiger partial charge in [0.15, 0.2) is 0 Å². The molecule has 1 atom stereocenters. The number of unbranched alkanes of at least 4 members (excludes halogenated alkanes) is 1. The topological polar surface area (TPSA) is 43.4 Å². The number of halogens is 1. The van der Waals surface area contributed by atoms with Crippen LogP contribution in [-0.2, 0) is 13.8 Å². The lowest BCUT2D eigenvalue weighted by molar-refractivity contribution is 0.0935. The van der Waals surface area contributed by atoms with Crippen molar-refractivity contribution in [3.63, 3.8) is 0 Å². The maximum Gasteiger partial charge on any atom is 0.261 e. The molecule has 0 heterocycles. The maximum absolute atomic E-state index is 11.1. The second-order valence-electron chi connectivity index (χ2n) is 3.87. The van der Waals surface area contributed by atoms with Gasteiger partial charge in [-0.3, -0.25) is 0 Å². The Bertz CT molecular complexity index is 439. The van der Waals surface area contributed by atoms with E-state index in [4.69, 9.17) is 15.4 Å². The van der Waals surface area contributed by atoms with Crippen LogP contribution in [0.25, 0.3) is 0 Å². The molecule has 0 bridgehead atoms. The highest BCUT2D eigenvalue weighted by Gasteiger charge is 2.13. The largest absolute Gasteiger partial charge is 0.377 e. The van der Waals surface area contributed by atoms with E-state index in [9.17, 15) is 8.42 Å². The minimum absolute atomic E-state index is 0.0158. The van der Waals surface area contributed by atoms with Gasteiger partial charge in [0.2, 0.25) is 0 Å². The van der Waals surface area contributed by atoms with Crippen LogP contribution in [-0.4, -0.2) is 15.5 Å². The van der Waals surface area contributed by atoms with Gasteiger partial charge in [-0.2, -0.15) is 0 Å². The van der Waals surface area contributed by atoms with Crippen molar-refractivity contribution in [1.29, 1.82) is 0 Å². The van der Waals surface area contributed by atoms with E-state index in [1.807, 2.05) is 0 Å². The molecule has 1 aromatic rings. The Balaban J connectivity index is 2.85. The van der Waals surface area contributed by atoms with Gasteiger partial charge in [-0.05, 0) is 24.1 Å². The van der Waals surface area contributed by atoms with Crippen LogP contribution in [0.1, 0.15) is 37.9 Å². The Kier molecular flexibility index (Phi) is 5.43. The molecule has 0 spiro atoms. The van der Waals surface area contributed by atoms with E-state index in [0.29, 0.717) is 0 Å². The molecule has 0 radical (unpaired) electrons. The third-order valence-electron chi connectivity index (χ3n) is 2.64.